The molecule has 0 aliphatic carbocycles. The number of aromatic hydroxyl groups is 1. The summed E-state index contributed by atoms with van der Waals surface area (Å²) in [4.78, 5) is 7.36. The molecule has 0 amide bonds. The maximum atomic E-state index is 11.1. The highest BCUT2D eigenvalue weighted by Crippen LogP contribution is 2.37. The number of hydrogen-bond acceptors (Lipinski definition) is 3. The van der Waals surface area contributed by atoms with Crippen molar-refractivity contribution in [2.45, 2.75) is 6.04 Å². The highest BCUT2D eigenvalue weighted by molar-refractivity contribution is 6.35. The van der Waals surface area contributed by atoms with Crippen LogP contribution in [0.4, 0.5) is 0 Å². The third-order valence-electron chi connectivity index (χ3n) is 5.76. The van der Waals surface area contributed by atoms with Gasteiger partial charge in [-0.05, 0) is 42.5 Å². The summed E-state index contributed by atoms with van der Waals surface area (Å²) in [5.41, 5.74) is 2.52. The van der Waals surface area contributed by atoms with Gasteiger partial charge in [0, 0.05) is 17.1 Å². The van der Waals surface area contributed by atoms with Gasteiger partial charge in [0.2, 0.25) is 0 Å². The molecule has 1 aliphatic heterocycles. The highest BCUT2D eigenvalue weighted by atomic mass is 35.5. The molecule has 0 spiro atoms. The van der Waals surface area contributed by atoms with Crippen molar-refractivity contribution >= 4 is 22.5 Å². The zero-order valence-corrected chi connectivity index (χ0v) is 17.0. The molecule has 146 valence electrons. The van der Waals surface area contributed by atoms with E-state index in [1.54, 1.807) is 18.2 Å². The van der Waals surface area contributed by atoms with Gasteiger partial charge >= 0.3 is 0 Å². The Morgan fingerprint density at radius 1 is 1.11 bits per heavy atom. The van der Waals surface area contributed by atoms with E-state index in [1.807, 2.05) is 30.3 Å². The molecule has 2 heterocycles. The number of nitrogens with zero attached hydrogens (tertiary/aromatic N) is 1. The Bertz CT molecular complexity index is 969. The summed E-state index contributed by atoms with van der Waals surface area (Å²) in [6, 6.07) is 13.7. The van der Waals surface area contributed by atoms with Gasteiger partial charge in [0.1, 0.15) is 43.5 Å². The second kappa shape index (κ2) is 7.95. The van der Waals surface area contributed by atoms with E-state index in [-0.39, 0.29) is 11.8 Å². The van der Waals surface area contributed by atoms with Crippen LogP contribution in [0.3, 0.4) is 0 Å². The average molecular weight is 400 g/mol. The molecule has 0 bridgehead atoms. The van der Waals surface area contributed by atoms with Gasteiger partial charge in [-0.3, -0.25) is 4.98 Å². The van der Waals surface area contributed by atoms with Gasteiger partial charge in [-0.15, -0.1) is 0 Å². The number of methoxy groups -OCH3 is 1. The molecule has 3 N–H and O–H groups in total. The molecule has 1 aromatic heterocycles. The summed E-state index contributed by atoms with van der Waals surface area (Å²) in [7, 11) is 3.90. The Kier molecular flexibility index (Phi) is 5.40. The summed E-state index contributed by atoms with van der Waals surface area (Å²) in [5, 5.41) is 12.5. The van der Waals surface area contributed by atoms with Crippen LogP contribution in [0.25, 0.3) is 10.9 Å². The average Bonchev–Trinajstić information content (AvgIpc) is 2.73. The lowest BCUT2D eigenvalue weighted by atomic mass is 9.94. The number of pyridine rings is 1. The second-order valence-electron chi connectivity index (χ2n) is 7.52. The van der Waals surface area contributed by atoms with Crippen molar-refractivity contribution in [3.63, 3.8) is 0 Å². The van der Waals surface area contributed by atoms with Crippen molar-refractivity contribution in [1.29, 1.82) is 0 Å². The van der Waals surface area contributed by atoms with Crippen molar-refractivity contribution in [2.75, 3.05) is 40.3 Å². The minimum atomic E-state index is -0.0112. The molecule has 0 unspecified atom stereocenters. The monoisotopic (exact) mass is 399 g/mol. The number of rotatable bonds is 4. The topological polar surface area (TPSA) is 51.2 Å². The number of phenolic OH excluding ortho intramolecular Hbond substituents is 1. The number of benzene rings is 2. The maximum absolute atomic E-state index is 11.1. The van der Waals surface area contributed by atoms with E-state index in [1.165, 1.54) is 4.90 Å². The molecule has 6 heteroatoms. The van der Waals surface area contributed by atoms with E-state index >= 15 is 0 Å². The number of aromatic nitrogens is 1. The number of fused-ring (bicyclic) bond motifs is 1. The second-order valence-corrected chi connectivity index (χ2v) is 7.92. The van der Waals surface area contributed by atoms with Gasteiger partial charge in [-0.1, -0.05) is 11.6 Å². The number of piperazine rings is 1. The first-order valence-corrected chi connectivity index (χ1v) is 10.0. The summed E-state index contributed by atoms with van der Waals surface area (Å²) >= 11 is 6.59. The van der Waals surface area contributed by atoms with E-state index < -0.39 is 0 Å². The van der Waals surface area contributed by atoms with Gasteiger partial charge in [0.25, 0.3) is 0 Å². The first kappa shape index (κ1) is 19.0. The molecule has 5 nitrogen and oxygen atoms in total. The molecule has 2 aromatic carbocycles. The minimum Gasteiger partial charge on any atom is -0.505 e. The fourth-order valence-electron chi connectivity index (χ4n) is 4.14. The number of phenols is 1. The van der Waals surface area contributed by atoms with Crippen LogP contribution < -0.4 is 14.5 Å². The van der Waals surface area contributed by atoms with Gasteiger partial charge in [-0.2, -0.15) is 0 Å². The molecule has 4 rings (SSSR count). The van der Waals surface area contributed by atoms with Crippen molar-refractivity contribution in [3.05, 3.63) is 64.8 Å². The van der Waals surface area contributed by atoms with Crippen molar-refractivity contribution < 1.29 is 19.6 Å². The van der Waals surface area contributed by atoms with E-state index in [4.69, 9.17) is 16.3 Å². The molecule has 0 saturated carbocycles. The van der Waals surface area contributed by atoms with Crippen LogP contribution in [0.1, 0.15) is 17.2 Å². The molecule has 1 atom stereocenters. The normalized spacial score (nSPS) is 20.8. The van der Waals surface area contributed by atoms with Gasteiger partial charge in [0.05, 0.1) is 24.7 Å². The van der Waals surface area contributed by atoms with Crippen molar-refractivity contribution in [2.24, 2.45) is 0 Å². The molecule has 0 radical (unpaired) electrons. The number of nitrogens with one attached hydrogen (secondary N) is 2. The Balaban J connectivity index is 1.85. The largest absolute Gasteiger partial charge is 0.505 e. The van der Waals surface area contributed by atoms with Gasteiger partial charge in [-0.25, -0.2) is 0 Å². The molecule has 1 aliphatic rings. The standard InChI is InChI=1S/C22H24ClN3O2/c1-25-10-12-26(13-11-25)21(15-5-7-16(28-2)8-6-15)18-14-19(23)17-4-3-9-24-20(17)22(18)27/h3-9,14,21,27H,10-13H2,1-2H3/p+2/t21-/m0/s1. The predicted octanol–water partition coefficient (Wildman–Crippen LogP) is 1.10. The number of halogens is 1. The van der Waals surface area contributed by atoms with Gasteiger partial charge in [0.15, 0.2) is 5.75 Å². The van der Waals surface area contributed by atoms with Crippen LogP contribution in [0.2, 0.25) is 5.02 Å². The van der Waals surface area contributed by atoms with E-state index in [2.05, 4.69) is 24.2 Å². The molecule has 1 saturated heterocycles. The summed E-state index contributed by atoms with van der Waals surface area (Å²) in [6.07, 6.45) is 1.69. The van der Waals surface area contributed by atoms with E-state index in [0.29, 0.717) is 10.5 Å². The number of quaternary nitrogens is 2. The summed E-state index contributed by atoms with van der Waals surface area (Å²) in [6.45, 7) is 4.25. The van der Waals surface area contributed by atoms with Crippen LogP contribution in [-0.2, 0) is 0 Å². The van der Waals surface area contributed by atoms with E-state index in [9.17, 15) is 5.11 Å². The predicted molar refractivity (Wildman–Crippen MR) is 111 cm³/mol. The van der Waals surface area contributed by atoms with Crippen LogP contribution in [0.5, 0.6) is 11.5 Å². The first-order chi connectivity index (χ1) is 13.6. The molecule has 3 aromatic rings. The quantitative estimate of drug-likeness (QED) is 0.616. The summed E-state index contributed by atoms with van der Waals surface area (Å²) < 4.78 is 5.32. The van der Waals surface area contributed by atoms with Crippen LogP contribution in [0, 0.1) is 0 Å². The lowest BCUT2D eigenvalue weighted by Crippen LogP contribution is -3.27. The Morgan fingerprint density at radius 2 is 1.82 bits per heavy atom. The fraction of sp³-hybridized carbons (Fsp3) is 0.318. The van der Waals surface area contributed by atoms with Crippen molar-refractivity contribution in [1.82, 2.24) is 4.98 Å². The Hall–Kier alpha value is -2.34. The third kappa shape index (κ3) is 3.53. The smallest absolute Gasteiger partial charge is 0.151 e. The molecule has 1 fully saturated rings. The molecular formula is C22H26ClN3O2+2. The minimum absolute atomic E-state index is 0.0112. The Labute approximate surface area is 170 Å². The number of hydrogen-bond donors (Lipinski definition) is 3. The first-order valence-electron chi connectivity index (χ1n) is 9.64. The SMILES string of the molecule is COc1ccc([C@@H](c2cc(Cl)c3cccnc3c2O)[NH+]2CC[NH+](C)CC2)cc1. The van der Waals surface area contributed by atoms with E-state index in [0.717, 1.165) is 48.4 Å². The third-order valence-corrected chi connectivity index (χ3v) is 6.07. The lowest BCUT2D eigenvalue weighted by Gasteiger charge is -2.34. The van der Waals surface area contributed by atoms with Crippen LogP contribution >= 0.6 is 11.6 Å². The molecular weight excluding hydrogens is 374 g/mol. The Morgan fingerprint density at radius 3 is 2.50 bits per heavy atom. The molecule has 28 heavy (non-hydrogen) atoms. The van der Waals surface area contributed by atoms with Crippen LogP contribution in [-0.4, -0.2) is 50.4 Å². The highest BCUT2D eigenvalue weighted by Gasteiger charge is 2.33. The number of likely N-dealkylation sites (N-methyl/N-ethyl adjacent to an activating group) is 1. The zero-order chi connectivity index (χ0) is 19.7. The fourth-order valence-corrected chi connectivity index (χ4v) is 4.41. The lowest BCUT2D eigenvalue weighted by molar-refractivity contribution is -1.02. The zero-order valence-electron chi connectivity index (χ0n) is 16.2. The van der Waals surface area contributed by atoms with Crippen molar-refractivity contribution in [3.8, 4) is 11.5 Å². The maximum Gasteiger partial charge on any atom is 0.151 e. The number of ether oxygens (including phenoxy) is 1. The van der Waals surface area contributed by atoms with Gasteiger partial charge < -0.3 is 19.6 Å². The summed E-state index contributed by atoms with van der Waals surface area (Å²) in [5.74, 6) is 1.04. The van der Waals surface area contributed by atoms with Crippen LogP contribution in [0.15, 0.2) is 48.7 Å².